The van der Waals surface area contributed by atoms with Crippen molar-refractivity contribution in [2.24, 2.45) is 0 Å². The lowest BCUT2D eigenvalue weighted by molar-refractivity contribution is 0.0477. The van der Waals surface area contributed by atoms with Crippen molar-refractivity contribution >= 4 is 0 Å². The molecule has 0 amide bonds. The van der Waals surface area contributed by atoms with E-state index in [0.717, 1.165) is 13.1 Å². The van der Waals surface area contributed by atoms with Gasteiger partial charge in [0.25, 0.3) is 0 Å². The number of aliphatic hydroxyl groups excluding tert-OH is 1. The lowest BCUT2D eigenvalue weighted by Crippen LogP contribution is -2.42. The first-order valence-electron chi connectivity index (χ1n) is 6.72. The summed E-state index contributed by atoms with van der Waals surface area (Å²) in [5, 5.41) is 8.67. The van der Waals surface area contributed by atoms with E-state index in [9.17, 15) is 4.39 Å². The zero-order chi connectivity index (χ0) is 13.0. The van der Waals surface area contributed by atoms with Crippen LogP contribution in [-0.2, 0) is 0 Å². The maximum absolute atomic E-state index is 13.6. The Morgan fingerprint density at radius 1 is 1.12 bits per heavy atom. The van der Waals surface area contributed by atoms with Gasteiger partial charge in [-0.1, -0.05) is 34.6 Å². The van der Waals surface area contributed by atoms with Gasteiger partial charge in [0.2, 0.25) is 0 Å². The minimum atomic E-state index is -0.925. The topological polar surface area (TPSA) is 23.5 Å². The predicted octanol–water partition coefficient (Wildman–Crippen LogP) is 3.25. The monoisotopic (exact) mass is 235 g/mol. The van der Waals surface area contributed by atoms with Crippen molar-refractivity contribution in [1.82, 2.24) is 4.90 Å². The third-order valence-corrected chi connectivity index (χ3v) is 2.80. The highest BCUT2D eigenvalue weighted by atomic mass is 19.1. The second kappa shape index (κ2) is 11.3. The summed E-state index contributed by atoms with van der Waals surface area (Å²) in [7, 11) is 0. The van der Waals surface area contributed by atoms with Gasteiger partial charge in [0.15, 0.2) is 0 Å². The van der Waals surface area contributed by atoms with Gasteiger partial charge in [-0.2, -0.15) is 0 Å². The van der Waals surface area contributed by atoms with Crippen molar-refractivity contribution < 1.29 is 9.50 Å². The average molecular weight is 235 g/mol. The third kappa shape index (κ3) is 7.18. The van der Waals surface area contributed by atoms with E-state index in [2.05, 4.69) is 4.90 Å². The molecule has 1 aliphatic rings. The molecule has 0 atom stereocenters. The third-order valence-electron chi connectivity index (χ3n) is 2.80. The second-order valence-corrected chi connectivity index (χ2v) is 3.57. The van der Waals surface area contributed by atoms with E-state index in [1.807, 2.05) is 34.6 Å². The van der Waals surface area contributed by atoms with Crippen LogP contribution in [0.3, 0.4) is 0 Å². The van der Waals surface area contributed by atoms with Crippen molar-refractivity contribution in [3.8, 4) is 0 Å². The van der Waals surface area contributed by atoms with Crippen molar-refractivity contribution in [3.05, 3.63) is 0 Å². The molecule has 1 fully saturated rings. The molecule has 1 rings (SSSR count). The Morgan fingerprint density at radius 3 is 1.88 bits per heavy atom. The fourth-order valence-electron chi connectivity index (χ4n) is 1.67. The molecule has 2 nitrogen and oxygen atoms in total. The Balaban J connectivity index is 0. The highest BCUT2D eigenvalue weighted by molar-refractivity contribution is 4.84. The van der Waals surface area contributed by atoms with Crippen LogP contribution >= 0.6 is 0 Å². The molecule has 0 aromatic heterocycles. The Hall–Kier alpha value is -0.150. The first-order valence-corrected chi connectivity index (χ1v) is 6.72. The molecule has 1 saturated heterocycles. The number of nitrogens with zero attached hydrogens (tertiary/aromatic N) is 1. The van der Waals surface area contributed by atoms with Crippen LogP contribution in [0.5, 0.6) is 0 Å². The van der Waals surface area contributed by atoms with Crippen LogP contribution in [0, 0.1) is 0 Å². The highest BCUT2D eigenvalue weighted by Crippen LogP contribution is 2.29. The molecule has 0 aromatic carbocycles. The lowest BCUT2D eigenvalue weighted by atomic mass is 9.91. The molecule has 1 aliphatic heterocycles. The quantitative estimate of drug-likeness (QED) is 0.811. The second-order valence-electron chi connectivity index (χ2n) is 3.57. The SMILES string of the molecule is CC.CC.CCC1(F)CCN(CCO)CC1. The Kier molecular flexibility index (Phi) is 12.9. The number of hydrogen-bond donors (Lipinski definition) is 1. The van der Waals surface area contributed by atoms with E-state index >= 15 is 0 Å². The zero-order valence-electron chi connectivity index (χ0n) is 11.7. The van der Waals surface area contributed by atoms with Gasteiger partial charge >= 0.3 is 0 Å². The van der Waals surface area contributed by atoms with Crippen LogP contribution in [0.4, 0.5) is 4.39 Å². The molecule has 16 heavy (non-hydrogen) atoms. The number of rotatable bonds is 3. The number of alkyl halides is 1. The molecule has 0 bridgehead atoms. The minimum absolute atomic E-state index is 0.186. The van der Waals surface area contributed by atoms with Crippen molar-refractivity contribution in [3.63, 3.8) is 0 Å². The summed E-state index contributed by atoms with van der Waals surface area (Å²) in [6.07, 6.45) is 1.88. The maximum atomic E-state index is 13.6. The van der Waals surface area contributed by atoms with E-state index in [-0.39, 0.29) is 6.61 Å². The van der Waals surface area contributed by atoms with Gasteiger partial charge in [0, 0.05) is 19.6 Å². The van der Waals surface area contributed by atoms with Gasteiger partial charge in [0.05, 0.1) is 6.61 Å². The minimum Gasteiger partial charge on any atom is -0.395 e. The number of piperidine rings is 1. The molecular formula is C13H30FNO. The van der Waals surface area contributed by atoms with E-state index in [0.29, 0.717) is 25.8 Å². The fraction of sp³-hybridized carbons (Fsp3) is 1.00. The molecule has 0 aliphatic carbocycles. The van der Waals surface area contributed by atoms with Crippen LogP contribution in [0.1, 0.15) is 53.9 Å². The van der Waals surface area contributed by atoms with Gasteiger partial charge in [-0.25, -0.2) is 4.39 Å². The lowest BCUT2D eigenvalue weighted by Gasteiger charge is -2.35. The Labute approximate surface area is 101 Å². The summed E-state index contributed by atoms with van der Waals surface area (Å²) in [5.74, 6) is 0. The van der Waals surface area contributed by atoms with Crippen molar-refractivity contribution in [2.45, 2.75) is 59.5 Å². The summed E-state index contributed by atoms with van der Waals surface area (Å²) in [4.78, 5) is 2.12. The van der Waals surface area contributed by atoms with Gasteiger partial charge in [0.1, 0.15) is 5.67 Å². The molecule has 0 unspecified atom stereocenters. The molecule has 0 aromatic rings. The van der Waals surface area contributed by atoms with Crippen LogP contribution in [-0.4, -0.2) is 41.9 Å². The number of likely N-dealkylation sites (tertiary alicyclic amines) is 1. The van der Waals surface area contributed by atoms with Gasteiger partial charge < -0.3 is 10.0 Å². The van der Waals surface area contributed by atoms with Gasteiger partial charge in [-0.05, 0) is 19.3 Å². The van der Waals surface area contributed by atoms with Crippen LogP contribution < -0.4 is 0 Å². The van der Waals surface area contributed by atoms with Gasteiger partial charge in [-0.3, -0.25) is 0 Å². The number of aliphatic hydroxyl groups is 1. The van der Waals surface area contributed by atoms with E-state index < -0.39 is 5.67 Å². The maximum Gasteiger partial charge on any atom is 0.113 e. The van der Waals surface area contributed by atoms with Crippen LogP contribution in [0.15, 0.2) is 0 Å². The summed E-state index contributed by atoms with van der Waals surface area (Å²) < 4.78 is 13.6. The standard InChI is InChI=1S/C9H18FNO.2C2H6/c1-2-9(10)3-5-11(6-4-9)7-8-12;2*1-2/h12H,2-8H2,1H3;2*1-2H3. The molecule has 1 N–H and O–H groups in total. The summed E-state index contributed by atoms with van der Waals surface area (Å²) in [6.45, 7) is 12.4. The zero-order valence-corrected chi connectivity index (χ0v) is 11.7. The smallest absolute Gasteiger partial charge is 0.113 e. The molecular weight excluding hydrogens is 205 g/mol. The highest BCUT2D eigenvalue weighted by Gasteiger charge is 2.31. The number of halogens is 1. The van der Waals surface area contributed by atoms with Crippen molar-refractivity contribution in [1.29, 1.82) is 0 Å². The van der Waals surface area contributed by atoms with E-state index in [4.69, 9.17) is 5.11 Å². The van der Waals surface area contributed by atoms with Crippen LogP contribution in [0.25, 0.3) is 0 Å². The van der Waals surface area contributed by atoms with Crippen molar-refractivity contribution in [2.75, 3.05) is 26.2 Å². The molecule has 0 saturated carbocycles. The van der Waals surface area contributed by atoms with E-state index in [1.54, 1.807) is 0 Å². The van der Waals surface area contributed by atoms with Crippen LogP contribution in [0.2, 0.25) is 0 Å². The van der Waals surface area contributed by atoms with Gasteiger partial charge in [-0.15, -0.1) is 0 Å². The largest absolute Gasteiger partial charge is 0.395 e. The summed E-state index contributed by atoms with van der Waals surface area (Å²) >= 11 is 0. The number of β-amino-alcohol motifs (C(OH)–C–C–N with tert-alkyl or cyclic N) is 1. The van der Waals surface area contributed by atoms with E-state index in [1.165, 1.54) is 0 Å². The molecule has 1 heterocycles. The fourth-order valence-corrected chi connectivity index (χ4v) is 1.67. The molecule has 0 radical (unpaired) electrons. The average Bonchev–Trinajstić information content (AvgIpc) is 2.38. The Morgan fingerprint density at radius 2 is 1.56 bits per heavy atom. The number of hydrogen-bond acceptors (Lipinski definition) is 2. The Bertz CT molecular complexity index is 134. The summed E-state index contributed by atoms with van der Waals surface area (Å²) in [6, 6.07) is 0. The molecule has 3 heteroatoms. The summed E-state index contributed by atoms with van der Waals surface area (Å²) in [5.41, 5.74) is -0.925. The molecule has 100 valence electrons. The first kappa shape index (κ1) is 18.2. The normalized spacial score (nSPS) is 18.9. The first-order chi connectivity index (χ1) is 7.70. The predicted molar refractivity (Wildman–Crippen MR) is 69.6 cm³/mol. The molecule has 0 spiro atoms.